The summed E-state index contributed by atoms with van der Waals surface area (Å²) in [4.78, 5) is 14.0. The first-order valence-corrected chi connectivity index (χ1v) is 5.83. The van der Waals surface area contributed by atoms with Crippen molar-refractivity contribution in [2.75, 3.05) is 26.7 Å². The van der Waals surface area contributed by atoms with Crippen LogP contribution in [0, 0.1) is 11.6 Å². The van der Waals surface area contributed by atoms with E-state index in [1.54, 1.807) is 0 Å². The van der Waals surface area contributed by atoms with Crippen LogP contribution in [0.5, 0.6) is 0 Å². The molecule has 3 nitrogen and oxygen atoms in total. The van der Waals surface area contributed by atoms with Crippen molar-refractivity contribution in [1.29, 1.82) is 0 Å². The zero-order chi connectivity index (χ0) is 13.1. The van der Waals surface area contributed by atoms with E-state index in [1.165, 1.54) is 6.07 Å². The first-order chi connectivity index (χ1) is 8.56. The highest BCUT2D eigenvalue weighted by atomic mass is 19.2. The predicted octanol–water partition coefficient (Wildman–Crippen LogP) is 1.41. The van der Waals surface area contributed by atoms with E-state index in [-0.39, 0.29) is 12.2 Å². The topological polar surface area (TPSA) is 29.5 Å². The first kappa shape index (κ1) is 13.1. The molecule has 1 unspecified atom stereocenters. The molecule has 1 heterocycles. The minimum Gasteiger partial charge on any atom is -0.368 e. The summed E-state index contributed by atoms with van der Waals surface area (Å²) in [5, 5.41) is 0. The Hall–Kier alpha value is -1.33. The van der Waals surface area contributed by atoms with Gasteiger partial charge in [-0.3, -0.25) is 4.79 Å². The zero-order valence-electron chi connectivity index (χ0n) is 10.2. The minimum absolute atomic E-state index is 0.0652. The summed E-state index contributed by atoms with van der Waals surface area (Å²) in [5.74, 6) is -1.94. The number of Topliss-reactive ketones (excluding diaryl/α,β-unsaturated/α-hetero) is 1. The average Bonchev–Trinajstić information content (AvgIpc) is 2.34. The largest absolute Gasteiger partial charge is 0.368 e. The number of hydrogen-bond acceptors (Lipinski definition) is 3. The number of carbonyl (C=O) groups excluding carboxylic acids is 1. The standard InChI is InChI=1S/C13H15F2NO2/c1-16-4-5-18-13(8-16)12(17)7-9-2-3-10(14)11(15)6-9/h2-3,6,13H,4-5,7-8H2,1H3. The molecule has 2 rings (SSSR count). The molecule has 5 heteroatoms. The molecule has 0 N–H and O–H groups in total. The van der Waals surface area contributed by atoms with Crippen LogP contribution in [-0.4, -0.2) is 43.5 Å². The van der Waals surface area contributed by atoms with Gasteiger partial charge in [0.15, 0.2) is 17.4 Å². The van der Waals surface area contributed by atoms with Gasteiger partial charge in [-0.15, -0.1) is 0 Å². The number of hydrogen-bond donors (Lipinski definition) is 0. The molecule has 18 heavy (non-hydrogen) atoms. The van der Waals surface area contributed by atoms with Crippen LogP contribution in [0.1, 0.15) is 5.56 Å². The van der Waals surface area contributed by atoms with Gasteiger partial charge in [0.25, 0.3) is 0 Å². The Bertz CT molecular complexity index is 451. The summed E-state index contributed by atoms with van der Waals surface area (Å²) in [6, 6.07) is 3.51. The molecule has 0 spiro atoms. The third-order valence-corrected chi connectivity index (χ3v) is 2.99. The van der Waals surface area contributed by atoms with Crippen LogP contribution in [-0.2, 0) is 16.0 Å². The Labute approximate surface area is 104 Å². The number of ketones is 1. The highest BCUT2D eigenvalue weighted by Crippen LogP contribution is 2.12. The van der Waals surface area contributed by atoms with Gasteiger partial charge in [0.1, 0.15) is 6.10 Å². The Morgan fingerprint density at radius 1 is 1.44 bits per heavy atom. The molecule has 1 atom stereocenters. The molecule has 0 radical (unpaired) electrons. The minimum atomic E-state index is -0.929. The number of nitrogens with zero attached hydrogens (tertiary/aromatic N) is 1. The number of morpholine rings is 1. The summed E-state index contributed by atoms with van der Waals surface area (Å²) in [5.41, 5.74) is 0.468. The number of carbonyl (C=O) groups is 1. The van der Waals surface area contributed by atoms with Gasteiger partial charge >= 0.3 is 0 Å². The molecule has 1 aromatic carbocycles. The molecule has 1 aromatic rings. The SMILES string of the molecule is CN1CCOC(C(=O)Cc2ccc(F)c(F)c2)C1. The van der Waals surface area contributed by atoms with E-state index in [4.69, 9.17) is 4.74 Å². The van der Waals surface area contributed by atoms with Gasteiger partial charge in [-0.1, -0.05) is 6.07 Å². The van der Waals surface area contributed by atoms with Gasteiger partial charge in [-0.05, 0) is 24.7 Å². The second kappa shape index (κ2) is 5.54. The Morgan fingerprint density at radius 3 is 2.89 bits per heavy atom. The van der Waals surface area contributed by atoms with Gasteiger partial charge in [-0.25, -0.2) is 8.78 Å². The van der Waals surface area contributed by atoms with E-state index < -0.39 is 17.7 Å². The number of ether oxygens (including phenoxy) is 1. The Kier molecular flexibility index (Phi) is 4.04. The predicted molar refractivity (Wildman–Crippen MR) is 62.3 cm³/mol. The smallest absolute Gasteiger partial charge is 0.167 e. The molecule has 0 amide bonds. The number of likely N-dealkylation sites (N-methyl/N-ethyl adjacent to an activating group) is 1. The molecule has 98 valence electrons. The Balaban J connectivity index is 2.00. The first-order valence-electron chi connectivity index (χ1n) is 5.83. The summed E-state index contributed by atoms with van der Waals surface area (Å²) < 4.78 is 31.1. The number of benzene rings is 1. The van der Waals surface area contributed by atoms with E-state index in [9.17, 15) is 13.6 Å². The summed E-state index contributed by atoms with van der Waals surface area (Å²) in [6.07, 6.45) is -0.410. The lowest BCUT2D eigenvalue weighted by atomic mass is 10.0. The lowest BCUT2D eigenvalue weighted by Crippen LogP contribution is -2.44. The average molecular weight is 255 g/mol. The van der Waals surface area contributed by atoms with E-state index in [0.717, 1.165) is 18.7 Å². The van der Waals surface area contributed by atoms with Gasteiger partial charge in [0.05, 0.1) is 6.61 Å². The third-order valence-electron chi connectivity index (χ3n) is 2.99. The third kappa shape index (κ3) is 3.11. The monoisotopic (exact) mass is 255 g/mol. The van der Waals surface area contributed by atoms with Crippen molar-refractivity contribution in [3.05, 3.63) is 35.4 Å². The summed E-state index contributed by atoms with van der Waals surface area (Å²) >= 11 is 0. The lowest BCUT2D eigenvalue weighted by Gasteiger charge is -2.29. The molecular weight excluding hydrogens is 240 g/mol. The van der Waals surface area contributed by atoms with Crippen LogP contribution >= 0.6 is 0 Å². The Morgan fingerprint density at radius 2 is 2.22 bits per heavy atom. The van der Waals surface area contributed by atoms with Crippen molar-refractivity contribution in [1.82, 2.24) is 4.90 Å². The molecule has 0 aromatic heterocycles. The van der Waals surface area contributed by atoms with Crippen molar-refractivity contribution in [2.24, 2.45) is 0 Å². The maximum Gasteiger partial charge on any atom is 0.167 e. The molecule has 1 saturated heterocycles. The summed E-state index contributed by atoms with van der Waals surface area (Å²) in [7, 11) is 1.92. The van der Waals surface area contributed by atoms with Gasteiger partial charge < -0.3 is 9.64 Å². The van der Waals surface area contributed by atoms with E-state index in [1.807, 2.05) is 11.9 Å². The molecule has 0 aliphatic carbocycles. The molecule has 1 aliphatic heterocycles. The fourth-order valence-corrected chi connectivity index (χ4v) is 1.94. The van der Waals surface area contributed by atoms with Crippen molar-refractivity contribution >= 4 is 5.78 Å². The highest BCUT2D eigenvalue weighted by Gasteiger charge is 2.24. The van der Waals surface area contributed by atoms with Gasteiger partial charge in [0, 0.05) is 19.5 Å². The lowest BCUT2D eigenvalue weighted by molar-refractivity contribution is -0.134. The van der Waals surface area contributed by atoms with E-state index >= 15 is 0 Å². The molecule has 1 fully saturated rings. The quantitative estimate of drug-likeness (QED) is 0.818. The fraction of sp³-hybridized carbons (Fsp3) is 0.462. The van der Waals surface area contributed by atoms with Gasteiger partial charge in [0.2, 0.25) is 0 Å². The van der Waals surface area contributed by atoms with Crippen LogP contribution in [0.3, 0.4) is 0 Å². The van der Waals surface area contributed by atoms with Crippen molar-refractivity contribution in [3.8, 4) is 0 Å². The molecule has 0 bridgehead atoms. The molecular formula is C13H15F2NO2. The maximum absolute atomic E-state index is 13.0. The zero-order valence-corrected chi connectivity index (χ0v) is 10.2. The van der Waals surface area contributed by atoms with E-state index in [2.05, 4.69) is 0 Å². The number of rotatable bonds is 3. The van der Waals surface area contributed by atoms with Crippen molar-refractivity contribution < 1.29 is 18.3 Å². The van der Waals surface area contributed by atoms with Crippen molar-refractivity contribution in [3.63, 3.8) is 0 Å². The van der Waals surface area contributed by atoms with E-state index in [0.29, 0.717) is 18.7 Å². The van der Waals surface area contributed by atoms with Gasteiger partial charge in [-0.2, -0.15) is 0 Å². The van der Waals surface area contributed by atoms with Crippen LogP contribution in [0.2, 0.25) is 0 Å². The normalized spacial score (nSPS) is 20.9. The second-order valence-corrected chi connectivity index (χ2v) is 4.51. The van der Waals surface area contributed by atoms with Crippen LogP contribution in [0.25, 0.3) is 0 Å². The fourth-order valence-electron chi connectivity index (χ4n) is 1.94. The van der Waals surface area contributed by atoms with Crippen LogP contribution < -0.4 is 0 Å². The maximum atomic E-state index is 13.0. The molecule has 0 saturated carbocycles. The highest BCUT2D eigenvalue weighted by molar-refractivity contribution is 5.85. The van der Waals surface area contributed by atoms with Crippen LogP contribution in [0.15, 0.2) is 18.2 Å². The molecule has 1 aliphatic rings. The number of halogens is 2. The van der Waals surface area contributed by atoms with Crippen molar-refractivity contribution in [2.45, 2.75) is 12.5 Å². The van der Waals surface area contributed by atoms with Crippen LogP contribution in [0.4, 0.5) is 8.78 Å². The second-order valence-electron chi connectivity index (χ2n) is 4.51. The summed E-state index contributed by atoms with van der Waals surface area (Å²) in [6.45, 7) is 1.86.